The van der Waals surface area contributed by atoms with Crippen molar-refractivity contribution < 1.29 is 10.2 Å². The molecule has 0 fully saturated rings. The van der Waals surface area contributed by atoms with Gasteiger partial charge in [-0.2, -0.15) is 0 Å². The van der Waals surface area contributed by atoms with Crippen molar-refractivity contribution in [2.24, 2.45) is 5.18 Å². The van der Waals surface area contributed by atoms with Gasteiger partial charge in [0.1, 0.15) is 12.4 Å². The Labute approximate surface area is 163 Å². The van der Waals surface area contributed by atoms with E-state index in [0.29, 0.717) is 10.9 Å². The van der Waals surface area contributed by atoms with Gasteiger partial charge in [0.2, 0.25) is 11.8 Å². The van der Waals surface area contributed by atoms with Crippen molar-refractivity contribution in [2.75, 3.05) is 0 Å². The topological polar surface area (TPSA) is 119 Å². The van der Waals surface area contributed by atoms with Gasteiger partial charge < -0.3 is 10.2 Å². The van der Waals surface area contributed by atoms with Crippen LogP contribution in [0.4, 0.5) is 5.69 Å². The van der Waals surface area contributed by atoms with E-state index in [-0.39, 0.29) is 35.1 Å². The molecule has 2 aromatic carbocycles. The molecule has 2 N–H and O–H groups in total. The van der Waals surface area contributed by atoms with E-state index in [1.165, 1.54) is 22.8 Å². The number of rotatable bonds is 4. The number of benzene rings is 2. The summed E-state index contributed by atoms with van der Waals surface area (Å²) in [6.45, 7) is 3.18. The maximum Gasteiger partial charge on any atom is 0.333 e. The molecule has 2 heterocycles. The standard InChI is InChI=1S/C20H18N4O5/c1-11(2)24-18(26)12-6-3-4-9-15(12)22(20(24)28)10-23-17(25)13-7-5-8-14(21-29)16(13)19(23)27/h3-9,11,25,27H,10H2,1-2H3. The number of aromatic hydroxyl groups is 2. The fraction of sp³-hybridized carbons (Fsp3) is 0.200. The highest BCUT2D eigenvalue weighted by Crippen LogP contribution is 2.41. The van der Waals surface area contributed by atoms with E-state index in [1.807, 2.05) is 0 Å². The van der Waals surface area contributed by atoms with Crippen LogP contribution in [0, 0.1) is 4.91 Å². The van der Waals surface area contributed by atoms with Gasteiger partial charge in [0.15, 0.2) is 0 Å². The second-order valence-corrected chi connectivity index (χ2v) is 7.00. The van der Waals surface area contributed by atoms with E-state index in [0.717, 1.165) is 9.13 Å². The smallest absolute Gasteiger partial charge is 0.333 e. The van der Waals surface area contributed by atoms with Gasteiger partial charge >= 0.3 is 5.69 Å². The van der Waals surface area contributed by atoms with Crippen LogP contribution in [-0.4, -0.2) is 23.9 Å². The summed E-state index contributed by atoms with van der Waals surface area (Å²) in [5.74, 6) is -0.716. The molecule has 4 aromatic rings. The van der Waals surface area contributed by atoms with Crippen LogP contribution >= 0.6 is 0 Å². The number of fused-ring (bicyclic) bond motifs is 2. The summed E-state index contributed by atoms with van der Waals surface area (Å²) < 4.78 is 3.52. The highest BCUT2D eigenvalue weighted by molar-refractivity contribution is 6.00. The monoisotopic (exact) mass is 394 g/mol. The molecule has 0 atom stereocenters. The van der Waals surface area contributed by atoms with Crippen LogP contribution in [0.5, 0.6) is 11.8 Å². The normalized spacial score (nSPS) is 11.6. The summed E-state index contributed by atoms with van der Waals surface area (Å²) in [6, 6.07) is 10.7. The van der Waals surface area contributed by atoms with Gasteiger partial charge in [-0.1, -0.05) is 18.2 Å². The van der Waals surface area contributed by atoms with Crippen LogP contribution in [0.2, 0.25) is 0 Å². The molecule has 0 saturated carbocycles. The lowest BCUT2D eigenvalue weighted by molar-refractivity contribution is 0.358. The van der Waals surface area contributed by atoms with E-state index in [2.05, 4.69) is 5.18 Å². The molecule has 0 spiro atoms. The Bertz CT molecular complexity index is 1390. The van der Waals surface area contributed by atoms with Crippen LogP contribution in [-0.2, 0) is 6.67 Å². The number of aromatic nitrogens is 3. The van der Waals surface area contributed by atoms with Crippen LogP contribution in [0.15, 0.2) is 57.2 Å². The van der Waals surface area contributed by atoms with Gasteiger partial charge in [-0.05, 0) is 43.3 Å². The first-order valence-electron chi connectivity index (χ1n) is 8.97. The van der Waals surface area contributed by atoms with Gasteiger partial charge in [-0.25, -0.2) is 4.79 Å². The van der Waals surface area contributed by atoms with Crippen LogP contribution in [0.1, 0.15) is 19.9 Å². The van der Waals surface area contributed by atoms with Gasteiger partial charge in [0.25, 0.3) is 5.56 Å². The minimum atomic E-state index is -0.575. The van der Waals surface area contributed by atoms with E-state index in [1.54, 1.807) is 38.1 Å². The first-order valence-corrected chi connectivity index (χ1v) is 8.97. The maximum atomic E-state index is 13.1. The predicted molar refractivity (Wildman–Crippen MR) is 109 cm³/mol. The Morgan fingerprint density at radius 3 is 2.31 bits per heavy atom. The third-order valence-electron chi connectivity index (χ3n) is 5.00. The number of hydrogen-bond donors (Lipinski definition) is 2. The zero-order valence-electron chi connectivity index (χ0n) is 15.7. The largest absolute Gasteiger partial charge is 0.494 e. The van der Waals surface area contributed by atoms with E-state index < -0.39 is 17.1 Å². The van der Waals surface area contributed by atoms with Crippen molar-refractivity contribution in [1.29, 1.82) is 0 Å². The lowest BCUT2D eigenvalue weighted by Crippen LogP contribution is -2.41. The molecule has 0 bridgehead atoms. The Morgan fingerprint density at radius 1 is 0.931 bits per heavy atom. The van der Waals surface area contributed by atoms with Crippen molar-refractivity contribution in [1.82, 2.24) is 13.7 Å². The molecule has 0 amide bonds. The highest BCUT2D eigenvalue weighted by Gasteiger charge is 2.22. The van der Waals surface area contributed by atoms with E-state index in [4.69, 9.17) is 0 Å². The number of nitroso groups, excluding NO2 is 1. The lowest BCUT2D eigenvalue weighted by Gasteiger charge is -2.17. The van der Waals surface area contributed by atoms with Gasteiger partial charge in [-0.15, -0.1) is 4.91 Å². The van der Waals surface area contributed by atoms with Gasteiger partial charge in [0.05, 0.1) is 16.3 Å². The molecule has 29 heavy (non-hydrogen) atoms. The van der Waals surface area contributed by atoms with Gasteiger partial charge in [0, 0.05) is 11.4 Å². The Balaban J connectivity index is 2.05. The van der Waals surface area contributed by atoms with E-state index in [9.17, 15) is 24.7 Å². The van der Waals surface area contributed by atoms with Crippen molar-refractivity contribution in [2.45, 2.75) is 26.6 Å². The average Bonchev–Trinajstić information content (AvgIpc) is 2.95. The SMILES string of the molecule is CC(C)n1c(=O)c2ccccc2n(Cn2c(O)c3cccc(N=O)c3c2O)c1=O. The molecule has 0 unspecified atom stereocenters. The fourth-order valence-corrected chi connectivity index (χ4v) is 3.63. The van der Waals surface area contributed by atoms with Crippen molar-refractivity contribution in [3.8, 4) is 11.8 Å². The molecule has 9 nitrogen and oxygen atoms in total. The summed E-state index contributed by atoms with van der Waals surface area (Å²) in [7, 11) is 0. The second kappa shape index (κ2) is 6.62. The Hall–Kier alpha value is -3.88. The number of para-hydroxylation sites is 1. The quantitative estimate of drug-likeness (QED) is 0.516. The average molecular weight is 394 g/mol. The molecule has 9 heteroatoms. The van der Waals surface area contributed by atoms with Crippen LogP contribution in [0.25, 0.3) is 21.7 Å². The molecule has 0 aliphatic heterocycles. The highest BCUT2D eigenvalue weighted by atomic mass is 16.3. The molecule has 0 aliphatic rings. The first kappa shape index (κ1) is 18.5. The maximum absolute atomic E-state index is 13.1. The summed E-state index contributed by atoms with van der Waals surface area (Å²) in [5.41, 5.74) is -0.646. The van der Waals surface area contributed by atoms with Crippen LogP contribution in [0.3, 0.4) is 0 Å². The minimum absolute atomic E-state index is 0.0293. The molecule has 0 radical (unpaired) electrons. The van der Waals surface area contributed by atoms with E-state index >= 15 is 0 Å². The summed E-state index contributed by atoms with van der Waals surface area (Å²) in [6.07, 6.45) is 0. The number of nitrogens with zero attached hydrogens (tertiary/aromatic N) is 4. The Kier molecular flexibility index (Phi) is 4.22. The first-order chi connectivity index (χ1) is 13.9. The summed E-state index contributed by atoms with van der Waals surface area (Å²) in [5, 5.41) is 24.8. The lowest BCUT2D eigenvalue weighted by atomic mass is 10.2. The molecule has 4 rings (SSSR count). The third kappa shape index (κ3) is 2.62. The molecular formula is C20H18N4O5. The molecule has 0 aliphatic carbocycles. The Morgan fingerprint density at radius 2 is 1.62 bits per heavy atom. The minimum Gasteiger partial charge on any atom is -0.494 e. The summed E-state index contributed by atoms with van der Waals surface area (Å²) >= 11 is 0. The third-order valence-corrected chi connectivity index (χ3v) is 5.00. The molecular weight excluding hydrogens is 376 g/mol. The zero-order chi connectivity index (χ0) is 20.9. The van der Waals surface area contributed by atoms with Crippen molar-refractivity contribution in [3.63, 3.8) is 0 Å². The fourth-order valence-electron chi connectivity index (χ4n) is 3.63. The zero-order valence-corrected chi connectivity index (χ0v) is 15.7. The predicted octanol–water partition coefficient (Wildman–Crippen LogP) is 3.01. The van der Waals surface area contributed by atoms with Crippen molar-refractivity contribution >= 4 is 27.4 Å². The number of hydrogen-bond acceptors (Lipinski definition) is 6. The molecule has 148 valence electrons. The van der Waals surface area contributed by atoms with Crippen molar-refractivity contribution in [3.05, 3.63) is 68.2 Å². The molecule has 2 aromatic heterocycles. The van der Waals surface area contributed by atoms with Crippen LogP contribution < -0.4 is 11.2 Å². The molecule has 0 saturated heterocycles. The van der Waals surface area contributed by atoms with Gasteiger partial charge in [-0.3, -0.25) is 18.5 Å². The summed E-state index contributed by atoms with van der Waals surface area (Å²) in [4.78, 5) is 36.9. The second-order valence-electron chi connectivity index (χ2n) is 7.00.